The molecule has 0 saturated heterocycles. The van der Waals surface area contributed by atoms with Gasteiger partial charge in [0.1, 0.15) is 12.4 Å². The van der Waals surface area contributed by atoms with E-state index >= 15 is 0 Å². The summed E-state index contributed by atoms with van der Waals surface area (Å²) in [6.07, 6.45) is -1.93. The molecule has 15 heavy (non-hydrogen) atoms. The van der Waals surface area contributed by atoms with Crippen molar-refractivity contribution in [1.82, 2.24) is 0 Å². The van der Waals surface area contributed by atoms with Crippen LogP contribution in [0.2, 0.25) is 0 Å². The molecule has 1 rings (SSSR count). The molecule has 1 amide bonds. The molecule has 0 aromatic heterocycles. The van der Waals surface area contributed by atoms with Crippen molar-refractivity contribution in [1.29, 1.82) is 0 Å². The Kier molecular flexibility index (Phi) is 4.03. The zero-order valence-corrected chi connectivity index (χ0v) is 8.17. The van der Waals surface area contributed by atoms with E-state index in [1.807, 2.05) is 0 Å². The highest BCUT2D eigenvalue weighted by Crippen LogP contribution is 2.21. The quantitative estimate of drug-likeness (QED) is 0.765. The molecule has 5 heteroatoms. The fourth-order valence-electron chi connectivity index (χ4n) is 1.11. The third-order valence-electron chi connectivity index (χ3n) is 1.79. The molecule has 0 aliphatic carbocycles. The lowest BCUT2D eigenvalue weighted by atomic mass is 10.2. The van der Waals surface area contributed by atoms with Crippen LogP contribution < -0.4 is 10.1 Å². The van der Waals surface area contributed by atoms with Gasteiger partial charge in [-0.25, -0.2) is 8.78 Å². The summed E-state index contributed by atoms with van der Waals surface area (Å²) in [6.45, 7) is 1.13. The molecule has 0 heterocycles. The summed E-state index contributed by atoms with van der Waals surface area (Å²) in [5.41, 5.74) is 1.39. The van der Waals surface area contributed by atoms with Crippen LogP contribution in [0.4, 0.5) is 14.5 Å². The van der Waals surface area contributed by atoms with Crippen molar-refractivity contribution in [2.24, 2.45) is 0 Å². The van der Waals surface area contributed by atoms with Crippen molar-refractivity contribution in [3.63, 3.8) is 0 Å². The average molecular weight is 215 g/mol. The van der Waals surface area contributed by atoms with Crippen molar-refractivity contribution in [3.05, 3.63) is 23.8 Å². The van der Waals surface area contributed by atoms with Crippen LogP contribution >= 0.6 is 0 Å². The van der Waals surface area contributed by atoms with Crippen LogP contribution in [0.15, 0.2) is 18.2 Å². The zero-order valence-electron chi connectivity index (χ0n) is 8.17. The van der Waals surface area contributed by atoms with E-state index in [0.717, 1.165) is 5.56 Å². The van der Waals surface area contributed by atoms with Gasteiger partial charge in [0.15, 0.2) is 0 Å². The van der Waals surface area contributed by atoms with E-state index in [0.29, 0.717) is 17.8 Å². The molecule has 0 radical (unpaired) electrons. The SMILES string of the molecule is Cc1cc(OCC(F)F)ccc1NC=O. The van der Waals surface area contributed by atoms with E-state index in [1.165, 1.54) is 6.07 Å². The molecule has 0 fully saturated rings. The van der Waals surface area contributed by atoms with Gasteiger partial charge < -0.3 is 10.1 Å². The summed E-state index contributed by atoms with van der Waals surface area (Å²) in [7, 11) is 0. The van der Waals surface area contributed by atoms with Crippen LogP contribution in [0.5, 0.6) is 5.75 Å². The summed E-state index contributed by atoms with van der Waals surface area (Å²) in [5, 5.41) is 2.48. The Morgan fingerprint density at radius 3 is 2.80 bits per heavy atom. The number of nitrogens with one attached hydrogen (secondary N) is 1. The minimum Gasteiger partial charge on any atom is -0.488 e. The van der Waals surface area contributed by atoms with Crippen LogP contribution in [0, 0.1) is 6.92 Å². The van der Waals surface area contributed by atoms with Crippen LogP contribution in [0.25, 0.3) is 0 Å². The third-order valence-corrected chi connectivity index (χ3v) is 1.79. The van der Waals surface area contributed by atoms with E-state index < -0.39 is 13.0 Å². The lowest BCUT2D eigenvalue weighted by molar-refractivity contribution is -0.105. The molecule has 1 aromatic rings. The second-order valence-corrected chi connectivity index (χ2v) is 2.94. The first-order chi connectivity index (χ1) is 7.13. The number of halogens is 2. The number of aryl methyl sites for hydroxylation is 1. The molecule has 0 bridgehead atoms. The Hall–Kier alpha value is -1.65. The molecule has 3 nitrogen and oxygen atoms in total. The number of hydrogen-bond acceptors (Lipinski definition) is 2. The second-order valence-electron chi connectivity index (χ2n) is 2.94. The Labute approximate surface area is 86.0 Å². The highest BCUT2D eigenvalue weighted by molar-refractivity contribution is 5.73. The highest BCUT2D eigenvalue weighted by Gasteiger charge is 2.04. The van der Waals surface area contributed by atoms with E-state index in [9.17, 15) is 13.6 Å². The van der Waals surface area contributed by atoms with Gasteiger partial charge >= 0.3 is 0 Å². The van der Waals surface area contributed by atoms with Crippen LogP contribution in [-0.4, -0.2) is 19.4 Å². The Morgan fingerprint density at radius 2 is 2.27 bits per heavy atom. The molecule has 0 aliphatic heterocycles. The topological polar surface area (TPSA) is 38.3 Å². The maximum absolute atomic E-state index is 11.8. The van der Waals surface area contributed by atoms with Crippen molar-refractivity contribution in [2.75, 3.05) is 11.9 Å². The van der Waals surface area contributed by atoms with Gasteiger partial charge in [0.25, 0.3) is 6.43 Å². The number of anilines is 1. The minimum atomic E-state index is -2.49. The van der Waals surface area contributed by atoms with E-state index in [4.69, 9.17) is 4.74 Å². The standard InChI is InChI=1S/C10H11F2NO2/c1-7-4-8(15-5-10(11)12)2-3-9(7)13-6-14/h2-4,6,10H,5H2,1H3,(H,13,14). The first-order valence-corrected chi connectivity index (χ1v) is 4.35. The number of rotatable bonds is 5. The van der Waals surface area contributed by atoms with Gasteiger partial charge in [-0.15, -0.1) is 0 Å². The number of alkyl halides is 2. The number of hydrogen-bond donors (Lipinski definition) is 1. The van der Waals surface area contributed by atoms with Crippen LogP contribution in [0.1, 0.15) is 5.56 Å². The smallest absolute Gasteiger partial charge is 0.272 e. The van der Waals surface area contributed by atoms with Crippen LogP contribution in [-0.2, 0) is 4.79 Å². The Bertz CT molecular complexity index is 342. The first kappa shape index (κ1) is 11.4. The van der Waals surface area contributed by atoms with E-state index in [-0.39, 0.29) is 0 Å². The normalized spacial score (nSPS) is 10.1. The predicted octanol–water partition coefficient (Wildman–Crippen LogP) is 2.21. The number of ether oxygens (including phenoxy) is 1. The van der Waals surface area contributed by atoms with E-state index in [1.54, 1.807) is 19.1 Å². The molecule has 82 valence electrons. The summed E-state index contributed by atoms with van der Waals surface area (Å²) in [6, 6.07) is 4.72. The van der Waals surface area contributed by atoms with E-state index in [2.05, 4.69) is 5.32 Å². The molecule has 0 saturated carbocycles. The van der Waals surface area contributed by atoms with Gasteiger partial charge in [-0.1, -0.05) is 0 Å². The van der Waals surface area contributed by atoms with Gasteiger partial charge in [-0.2, -0.15) is 0 Å². The van der Waals surface area contributed by atoms with Gasteiger partial charge in [-0.3, -0.25) is 4.79 Å². The summed E-state index contributed by atoms with van der Waals surface area (Å²) < 4.78 is 28.5. The van der Waals surface area contributed by atoms with Gasteiger partial charge in [-0.05, 0) is 30.7 Å². The monoisotopic (exact) mass is 215 g/mol. The number of carbonyl (C=O) groups excluding carboxylic acids is 1. The molecule has 0 atom stereocenters. The average Bonchev–Trinajstić information content (AvgIpc) is 2.19. The Morgan fingerprint density at radius 1 is 1.53 bits per heavy atom. The molecular formula is C10H11F2NO2. The number of carbonyl (C=O) groups is 1. The molecule has 0 aliphatic rings. The summed E-state index contributed by atoms with van der Waals surface area (Å²) >= 11 is 0. The van der Waals surface area contributed by atoms with Crippen molar-refractivity contribution >= 4 is 12.1 Å². The van der Waals surface area contributed by atoms with Gasteiger partial charge in [0.2, 0.25) is 6.41 Å². The fraction of sp³-hybridized carbons (Fsp3) is 0.300. The number of amides is 1. The molecule has 1 aromatic carbocycles. The Balaban J connectivity index is 2.68. The molecule has 1 N–H and O–H groups in total. The predicted molar refractivity (Wildman–Crippen MR) is 52.4 cm³/mol. The van der Waals surface area contributed by atoms with Crippen molar-refractivity contribution in [2.45, 2.75) is 13.3 Å². The first-order valence-electron chi connectivity index (χ1n) is 4.35. The maximum Gasteiger partial charge on any atom is 0.272 e. The largest absolute Gasteiger partial charge is 0.488 e. The summed E-state index contributed by atoms with van der Waals surface area (Å²) in [4.78, 5) is 10.2. The van der Waals surface area contributed by atoms with Crippen molar-refractivity contribution < 1.29 is 18.3 Å². The minimum absolute atomic E-state index is 0.365. The van der Waals surface area contributed by atoms with Crippen molar-refractivity contribution in [3.8, 4) is 5.75 Å². The lowest BCUT2D eigenvalue weighted by Gasteiger charge is -2.08. The lowest BCUT2D eigenvalue weighted by Crippen LogP contribution is -2.07. The second kappa shape index (κ2) is 5.29. The summed E-state index contributed by atoms with van der Waals surface area (Å²) in [5.74, 6) is 0.365. The molecular weight excluding hydrogens is 204 g/mol. The fourth-order valence-corrected chi connectivity index (χ4v) is 1.11. The zero-order chi connectivity index (χ0) is 11.3. The molecule has 0 spiro atoms. The molecule has 0 unspecified atom stereocenters. The van der Waals surface area contributed by atoms with Crippen LogP contribution in [0.3, 0.4) is 0 Å². The van der Waals surface area contributed by atoms with Gasteiger partial charge in [0.05, 0.1) is 0 Å². The highest BCUT2D eigenvalue weighted by atomic mass is 19.3. The van der Waals surface area contributed by atoms with Gasteiger partial charge in [0, 0.05) is 5.69 Å². The third kappa shape index (κ3) is 3.53. The number of benzene rings is 1. The maximum atomic E-state index is 11.8.